The molecular weight excluding hydrogens is 429 g/mol. The van der Waals surface area contributed by atoms with E-state index in [9.17, 15) is 9.18 Å². The maximum absolute atomic E-state index is 14.9. The van der Waals surface area contributed by atoms with Crippen molar-refractivity contribution in [2.24, 2.45) is 0 Å². The second-order valence-electron chi connectivity index (χ2n) is 9.29. The highest BCUT2D eigenvalue weighted by Crippen LogP contribution is 2.29. The van der Waals surface area contributed by atoms with Crippen LogP contribution in [0.4, 0.5) is 21.5 Å². The average molecular weight is 464 g/mol. The van der Waals surface area contributed by atoms with Gasteiger partial charge in [-0.1, -0.05) is 12.1 Å². The highest BCUT2D eigenvalue weighted by Gasteiger charge is 2.21. The van der Waals surface area contributed by atoms with Crippen LogP contribution in [-0.2, 0) is 13.0 Å². The summed E-state index contributed by atoms with van der Waals surface area (Å²) in [6, 6.07) is 12.0. The number of benzene rings is 2. The lowest BCUT2D eigenvalue weighted by molar-refractivity contribution is 0.249. The normalized spacial score (nSPS) is 16.4. The number of anilines is 3. The van der Waals surface area contributed by atoms with E-state index < -0.39 is 0 Å². The first-order valence-corrected chi connectivity index (χ1v) is 12.5. The van der Waals surface area contributed by atoms with Gasteiger partial charge in [0.25, 0.3) is 5.56 Å². The Bertz CT molecular complexity index is 1230. The van der Waals surface area contributed by atoms with Gasteiger partial charge in [-0.3, -0.25) is 9.69 Å². The summed E-state index contributed by atoms with van der Waals surface area (Å²) in [6.07, 6.45) is 1.83. The van der Waals surface area contributed by atoms with E-state index in [0.29, 0.717) is 5.69 Å². The molecule has 2 aliphatic heterocycles. The molecule has 2 aromatic carbocycles. The molecule has 34 heavy (non-hydrogen) atoms. The molecule has 5 rings (SSSR count). The lowest BCUT2D eigenvalue weighted by Crippen LogP contribution is -2.46. The first kappa shape index (κ1) is 22.7. The Labute approximate surface area is 200 Å². The SMILES string of the molecule is CCN(CC)c1ccc(N2CCN(Cc3ccc4c5c(c(=O)[nH]c4c3)CCCN5)CC2)c(F)c1. The molecule has 0 aliphatic carbocycles. The third-order valence-corrected chi connectivity index (χ3v) is 7.26. The van der Waals surface area contributed by atoms with E-state index in [0.717, 1.165) is 93.0 Å². The Kier molecular flexibility index (Phi) is 6.46. The molecule has 0 amide bonds. The van der Waals surface area contributed by atoms with Crippen molar-refractivity contribution in [3.63, 3.8) is 0 Å². The van der Waals surface area contributed by atoms with Crippen LogP contribution in [0, 0.1) is 5.82 Å². The van der Waals surface area contributed by atoms with Crippen LogP contribution < -0.4 is 20.7 Å². The third kappa shape index (κ3) is 4.37. The number of piperazine rings is 1. The zero-order chi connectivity index (χ0) is 23.7. The van der Waals surface area contributed by atoms with Gasteiger partial charge in [0.05, 0.1) is 16.9 Å². The summed E-state index contributed by atoms with van der Waals surface area (Å²) in [7, 11) is 0. The topological polar surface area (TPSA) is 54.6 Å². The predicted molar refractivity (Wildman–Crippen MR) is 139 cm³/mol. The minimum atomic E-state index is -0.145. The minimum Gasteiger partial charge on any atom is -0.384 e. The van der Waals surface area contributed by atoms with Crippen molar-refractivity contribution in [3.8, 4) is 0 Å². The van der Waals surface area contributed by atoms with Crippen LogP contribution >= 0.6 is 0 Å². The van der Waals surface area contributed by atoms with Crippen molar-refractivity contribution >= 4 is 28.0 Å². The Morgan fingerprint density at radius 2 is 1.82 bits per heavy atom. The highest BCUT2D eigenvalue weighted by atomic mass is 19.1. The first-order valence-electron chi connectivity index (χ1n) is 12.5. The number of fused-ring (bicyclic) bond motifs is 3. The highest BCUT2D eigenvalue weighted by molar-refractivity contribution is 5.93. The number of hydrogen-bond acceptors (Lipinski definition) is 5. The molecule has 1 fully saturated rings. The lowest BCUT2D eigenvalue weighted by Gasteiger charge is -2.36. The summed E-state index contributed by atoms with van der Waals surface area (Å²) in [5, 5.41) is 4.51. The zero-order valence-corrected chi connectivity index (χ0v) is 20.2. The van der Waals surface area contributed by atoms with Crippen molar-refractivity contribution in [2.45, 2.75) is 33.2 Å². The van der Waals surface area contributed by atoms with E-state index in [1.165, 1.54) is 5.56 Å². The molecule has 0 saturated carbocycles. The standard InChI is InChI=1S/C27H34FN5O/c1-3-32(4-2)20-8-10-25(23(28)17-20)33-14-12-31(13-15-33)18-19-7-9-21-24(16-19)30-27(34)22-6-5-11-29-26(21)22/h7-10,16-17,29H,3-6,11-15,18H2,1-2H3,(H,30,34). The molecule has 0 atom stereocenters. The van der Waals surface area contributed by atoms with Crippen LogP contribution in [0.1, 0.15) is 31.4 Å². The quantitative estimate of drug-likeness (QED) is 0.574. The van der Waals surface area contributed by atoms with Crippen molar-refractivity contribution in [1.82, 2.24) is 9.88 Å². The van der Waals surface area contributed by atoms with E-state index in [2.05, 4.69) is 57.0 Å². The first-order chi connectivity index (χ1) is 16.6. The molecule has 2 aliphatic rings. The molecule has 1 aromatic heterocycles. The van der Waals surface area contributed by atoms with E-state index in [4.69, 9.17) is 0 Å². The summed E-state index contributed by atoms with van der Waals surface area (Å²) in [5.41, 5.74) is 5.60. The van der Waals surface area contributed by atoms with Crippen LogP contribution in [0.2, 0.25) is 0 Å². The fourth-order valence-corrected chi connectivity index (χ4v) is 5.35. The van der Waals surface area contributed by atoms with Crippen molar-refractivity contribution in [2.75, 3.05) is 60.9 Å². The predicted octanol–water partition coefficient (Wildman–Crippen LogP) is 4.19. The van der Waals surface area contributed by atoms with Crippen molar-refractivity contribution in [1.29, 1.82) is 0 Å². The molecule has 6 nitrogen and oxygen atoms in total. The molecule has 3 heterocycles. The van der Waals surface area contributed by atoms with Crippen LogP contribution in [0.25, 0.3) is 10.9 Å². The van der Waals surface area contributed by atoms with Gasteiger partial charge in [0, 0.05) is 69.0 Å². The van der Waals surface area contributed by atoms with Gasteiger partial charge in [-0.25, -0.2) is 4.39 Å². The number of nitrogens with zero attached hydrogens (tertiary/aromatic N) is 3. The van der Waals surface area contributed by atoms with Gasteiger partial charge in [0.15, 0.2) is 0 Å². The molecule has 2 N–H and O–H groups in total. The number of rotatable bonds is 6. The Balaban J connectivity index is 1.25. The molecule has 180 valence electrons. The fraction of sp³-hybridized carbons (Fsp3) is 0.444. The maximum atomic E-state index is 14.9. The molecule has 7 heteroatoms. The Morgan fingerprint density at radius 3 is 2.56 bits per heavy atom. The third-order valence-electron chi connectivity index (χ3n) is 7.26. The van der Waals surface area contributed by atoms with Crippen molar-refractivity contribution in [3.05, 3.63) is 63.7 Å². The summed E-state index contributed by atoms with van der Waals surface area (Å²) in [4.78, 5) is 22.3. The maximum Gasteiger partial charge on any atom is 0.253 e. The summed E-state index contributed by atoms with van der Waals surface area (Å²) in [5.74, 6) is -0.145. The smallest absolute Gasteiger partial charge is 0.253 e. The second kappa shape index (κ2) is 9.66. The average Bonchev–Trinajstić information content (AvgIpc) is 2.86. The Morgan fingerprint density at radius 1 is 1.03 bits per heavy atom. The molecule has 0 bridgehead atoms. The molecule has 0 spiro atoms. The second-order valence-corrected chi connectivity index (χ2v) is 9.29. The van der Waals surface area contributed by atoms with Gasteiger partial charge >= 0.3 is 0 Å². The van der Waals surface area contributed by atoms with Gasteiger partial charge in [-0.05, 0) is 56.5 Å². The van der Waals surface area contributed by atoms with Gasteiger partial charge < -0.3 is 20.1 Å². The van der Waals surface area contributed by atoms with Crippen molar-refractivity contribution < 1.29 is 4.39 Å². The number of pyridine rings is 1. The molecule has 0 radical (unpaired) electrons. The fourth-order valence-electron chi connectivity index (χ4n) is 5.35. The van der Waals surface area contributed by atoms with Gasteiger partial charge in [0.2, 0.25) is 0 Å². The Hall–Kier alpha value is -3.06. The summed E-state index contributed by atoms with van der Waals surface area (Å²) < 4.78 is 14.9. The van der Waals surface area contributed by atoms with Crippen LogP contribution in [-0.4, -0.2) is 55.7 Å². The number of aromatic nitrogens is 1. The molecule has 1 saturated heterocycles. The largest absolute Gasteiger partial charge is 0.384 e. The summed E-state index contributed by atoms with van der Waals surface area (Å²) >= 11 is 0. The van der Waals surface area contributed by atoms with Gasteiger partial charge in [0.1, 0.15) is 5.82 Å². The van der Waals surface area contributed by atoms with Crippen LogP contribution in [0.5, 0.6) is 0 Å². The van der Waals surface area contributed by atoms with Gasteiger partial charge in [-0.2, -0.15) is 0 Å². The van der Waals surface area contributed by atoms with Crippen LogP contribution in [0.3, 0.4) is 0 Å². The number of H-pyrrole nitrogens is 1. The van der Waals surface area contributed by atoms with Crippen LogP contribution in [0.15, 0.2) is 41.2 Å². The van der Waals surface area contributed by atoms with E-state index in [1.54, 1.807) is 6.07 Å². The molecule has 3 aromatic rings. The van der Waals surface area contributed by atoms with E-state index in [1.807, 2.05) is 12.1 Å². The lowest BCUT2D eigenvalue weighted by atomic mass is 10.0. The zero-order valence-electron chi connectivity index (χ0n) is 20.2. The number of halogens is 1. The van der Waals surface area contributed by atoms with E-state index in [-0.39, 0.29) is 11.4 Å². The monoisotopic (exact) mass is 463 g/mol. The minimum absolute atomic E-state index is 0.0227. The molecule has 0 unspecified atom stereocenters. The van der Waals surface area contributed by atoms with E-state index >= 15 is 0 Å². The van der Waals surface area contributed by atoms with Gasteiger partial charge in [-0.15, -0.1) is 0 Å². The number of aromatic amines is 1. The summed E-state index contributed by atoms with van der Waals surface area (Å²) in [6.45, 7) is 11.0. The number of hydrogen-bond donors (Lipinski definition) is 2. The number of nitrogens with one attached hydrogen (secondary N) is 2. The molecular formula is C27H34FN5O.